The van der Waals surface area contributed by atoms with E-state index in [9.17, 15) is 9.18 Å². The Bertz CT molecular complexity index is 674. The van der Waals surface area contributed by atoms with Crippen molar-refractivity contribution in [1.29, 1.82) is 0 Å². The van der Waals surface area contributed by atoms with Crippen molar-refractivity contribution in [3.05, 3.63) is 53.5 Å². The number of halogens is 1. The van der Waals surface area contributed by atoms with Crippen LogP contribution in [-0.2, 0) is 0 Å². The van der Waals surface area contributed by atoms with E-state index in [4.69, 9.17) is 4.42 Å². The Morgan fingerprint density at radius 2 is 2.27 bits per heavy atom. The molecule has 2 aromatic rings. The zero-order valence-electron chi connectivity index (χ0n) is 12.2. The van der Waals surface area contributed by atoms with E-state index in [1.54, 1.807) is 23.1 Å². The number of piperazine rings is 1. The van der Waals surface area contributed by atoms with E-state index in [2.05, 4.69) is 5.32 Å². The summed E-state index contributed by atoms with van der Waals surface area (Å²) in [6.45, 7) is 1.88. The van der Waals surface area contributed by atoms with Crippen LogP contribution in [0.5, 0.6) is 0 Å². The fraction of sp³-hybridized carbons (Fsp3) is 0.312. The van der Waals surface area contributed by atoms with E-state index in [0.29, 0.717) is 30.5 Å². The minimum atomic E-state index is -0.293. The molecule has 1 aromatic carbocycles. The van der Waals surface area contributed by atoms with Crippen molar-refractivity contribution >= 4 is 17.7 Å². The molecule has 3 rings (SSSR count). The van der Waals surface area contributed by atoms with Gasteiger partial charge in [-0.05, 0) is 36.1 Å². The van der Waals surface area contributed by atoms with Crippen LogP contribution in [0.3, 0.4) is 0 Å². The molecule has 1 amide bonds. The van der Waals surface area contributed by atoms with Crippen LogP contribution in [0.15, 0.2) is 45.9 Å². The molecule has 4 nitrogen and oxygen atoms in total. The quantitative estimate of drug-likeness (QED) is 0.883. The summed E-state index contributed by atoms with van der Waals surface area (Å²) in [5.41, 5.74) is 0.789. The number of amides is 1. The highest BCUT2D eigenvalue weighted by molar-refractivity contribution is 7.98. The Balaban J connectivity index is 1.87. The highest BCUT2D eigenvalue weighted by Gasteiger charge is 2.30. The first kappa shape index (κ1) is 15.1. The van der Waals surface area contributed by atoms with Crippen LogP contribution in [0.2, 0.25) is 0 Å². The number of hydrogen-bond donors (Lipinski definition) is 1. The molecule has 0 aliphatic carbocycles. The second kappa shape index (κ2) is 6.54. The van der Waals surface area contributed by atoms with Crippen molar-refractivity contribution in [3.8, 4) is 0 Å². The molecule has 1 aliphatic rings. The molecule has 0 saturated carbocycles. The summed E-state index contributed by atoms with van der Waals surface area (Å²) in [5, 5.41) is 3.96. The molecule has 1 aromatic heterocycles. The predicted octanol–water partition coefficient (Wildman–Crippen LogP) is 2.93. The van der Waals surface area contributed by atoms with Crippen LogP contribution in [0, 0.1) is 5.82 Å². The summed E-state index contributed by atoms with van der Waals surface area (Å²) in [6, 6.07) is 9.68. The van der Waals surface area contributed by atoms with E-state index >= 15 is 0 Å². The molecular weight excluding hydrogens is 303 g/mol. The highest BCUT2D eigenvalue weighted by atomic mass is 32.2. The van der Waals surface area contributed by atoms with Gasteiger partial charge >= 0.3 is 0 Å². The maximum atomic E-state index is 13.5. The third-order valence-electron chi connectivity index (χ3n) is 3.73. The fourth-order valence-electron chi connectivity index (χ4n) is 2.65. The highest BCUT2D eigenvalue weighted by Crippen LogP contribution is 2.26. The SMILES string of the molecule is CSc1ccc(C(=O)N2CCNCC2c2cccc(F)c2)o1. The Kier molecular flexibility index (Phi) is 4.49. The first-order valence-corrected chi connectivity index (χ1v) is 8.32. The molecule has 1 saturated heterocycles. The van der Waals surface area contributed by atoms with E-state index < -0.39 is 0 Å². The zero-order chi connectivity index (χ0) is 15.5. The van der Waals surface area contributed by atoms with Crippen LogP contribution in [0.1, 0.15) is 22.2 Å². The lowest BCUT2D eigenvalue weighted by Gasteiger charge is -2.36. The predicted molar refractivity (Wildman–Crippen MR) is 83.5 cm³/mol. The smallest absolute Gasteiger partial charge is 0.290 e. The summed E-state index contributed by atoms with van der Waals surface area (Å²) in [4.78, 5) is 14.4. The molecular formula is C16H17FN2O2S. The summed E-state index contributed by atoms with van der Waals surface area (Å²) in [7, 11) is 0. The van der Waals surface area contributed by atoms with Crippen molar-refractivity contribution in [1.82, 2.24) is 10.2 Å². The minimum Gasteiger partial charge on any atom is -0.445 e. The number of thioether (sulfide) groups is 1. The van der Waals surface area contributed by atoms with Gasteiger partial charge < -0.3 is 14.6 Å². The molecule has 22 heavy (non-hydrogen) atoms. The van der Waals surface area contributed by atoms with Crippen LogP contribution in [0.25, 0.3) is 0 Å². The van der Waals surface area contributed by atoms with Crippen molar-refractivity contribution in [2.75, 3.05) is 25.9 Å². The van der Waals surface area contributed by atoms with Crippen LogP contribution < -0.4 is 5.32 Å². The number of benzene rings is 1. The maximum absolute atomic E-state index is 13.5. The van der Waals surface area contributed by atoms with Gasteiger partial charge in [0.15, 0.2) is 10.9 Å². The lowest BCUT2D eigenvalue weighted by molar-refractivity contribution is 0.0596. The van der Waals surface area contributed by atoms with Gasteiger partial charge in [0.1, 0.15) is 5.82 Å². The van der Waals surface area contributed by atoms with Gasteiger partial charge in [-0.15, -0.1) is 0 Å². The molecule has 1 atom stereocenters. The third kappa shape index (κ3) is 3.03. The number of nitrogens with one attached hydrogen (secondary N) is 1. The van der Waals surface area contributed by atoms with E-state index in [-0.39, 0.29) is 17.8 Å². The van der Waals surface area contributed by atoms with Gasteiger partial charge in [0.2, 0.25) is 0 Å². The van der Waals surface area contributed by atoms with Gasteiger partial charge in [0.25, 0.3) is 5.91 Å². The van der Waals surface area contributed by atoms with Crippen LogP contribution >= 0.6 is 11.8 Å². The molecule has 1 unspecified atom stereocenters. The lowest BCUT2D eigenvalue weighted by atomic mass is 10.0. The summed E-state index contributed by atoms with van der Waals surface area (Å²) < 4.78 is 19.0. The van der Waals surface area contributed by atoms with Crippen molar-refractivity contribution in [2.24, 2.45) is 0 Å². The molecule has 0 radical (unpaired) electrons. The summed E-state index contributed by atoms with van der Waals surface area (Å²) in [5.74, 6) is -0.123. The van der Waals surface area contributed by atoms with Gasteiger partial charge in [-0.2, -0.15) is 0 Å². The van der Waals surface area contributed by atoms with Gasteiger partial charge in [-0.3, -0.25) is 4.79 Å². The second-order valence-electron chi connectivity index (χ2n) is 5.10. The van der Waals surface area contributed by atoms with Gasteiger partial charge in [0, 0.05) is 19.6 Å². The van der Waals surface area contributed by atoms with Crippen molar-refractivity contribution < 1.29 is 13.6 Å². The van der Waals surface area contributed by atoms with E-state index in [0.717, 1.165) is 5.56 Å². The Hall–Kier alpha value is -1.79. The lowest BCUT2D eigenvalue weighted by Crippen LogP contribution is -2.48. The maximum Gasteiger partial charge on any atom is 0.290 e. The minimum absolute atomic E-state index is 0.156. The summed E-state index contributed by atoms with van der Waals surface area (Å²) in [6.07, 6.45) is 1.90. The standard InChI is InChI=1S/C16H17FN2O2S/c1-22-15-6-5-14(21-15)16(20)19-8-7-18-10-13(19)11-3-2-4-12(17)9-11/h2-6,9,13,18H,7-8,10H2,1H3. The molecule has 116 valence electrons. The zero-order valence-corrected chi connectivity index (χ0v) is 13.0. The summed E-state index contributed by atoms with van der Waals surface area (Å²) >= 11 is 1.45. The Morgan fingerprint density at radius 1 is 1.41 bits per heavy atom. The van der Waals surface area contributed by atoms with Gasteiger partial charge in [-0.1, -0.05) is 23.9 Å². The first-order valence-electron chi connectivity index (χ1n) is 7.10. The number of rotatable bonds is 3. The number of furan rings is 1. The normalized spacial score (nSPS) is 18.5. The largest absolute Gasteiger partial charge is 0.445 e. The average molecular weight is 320 g/mol. The number of carbonyl (C=O) groups excluding carboxylic acids is 1. The molecule has 1 fully saturated rings. The van der Waals surface area contributed by atoms with Gasteiger partial charge in [-0.25, -0.2) is 4.39 Å². The second-order valence-corrected chi connectivity index (χ2v) is 5.91. The van der Waals surface area contributed by atoms with Crippen LogP contribution in [0.4, 0.5) is 4.39 Å². The van der Waals surface area contributed by atoms with Gasteiger partial charge in [0.05, 0.1) is 6.04 Å². The Labute approximate surface area is 132 Å². The van der Waals surface area contributed by atoms with Crippen LogP contribution in [-0.4, -0.2) is 36.7 Å². The molecule has 0 bridgehead atoms. The fourth-order valence-corrected chi connectivity index (χ4v) is 3.02. The Morgan fingerprint density at radius 3 is 3.00 bits per heavy atom. The molecule has 1 N–H and O–H groups in total. The number of carbonyl (C=O) groups is 1. The first-order chi connectivity index (χ1) is 10.7. The molecule has 1 aliphatic heterocycles. The average Bonchev–Trinajstić information content (AvgIpc) is 3.03. The number of nitrogens with zero attached hydrogens (tertiary/aromatic N) is 1. The van der Waals surface area contributed by atoms with E-state index in [1.807, 2.05) is 12.3 Å². The third-order valence-corrected chi connectivity index (χ3v) is 4.35. The topological polar surface area (TPSA) is 45.5 Å². The molecule has 0 spiro atoms. The van der Waals surface area contributed by atoms with Crippen molar-refractivity contribution in [2.45, 2.75) is 11.1 Å². The monoisotopic (exact) mass is 320 g/mol. The molecule has 6 heteroatoms. The number of hydrogen-bond acceptors (Lipinski definition) is 4. The van der Waals surface area contributed by atoms with Crippen molar-refractivity contribution in [3.63, 3.8) is 0 Å². The van der Waals surface area contributed by atoms with E-state index in [1.165, 1.54) is 23.9 Å². The molecule has 2 heterocycles.